The second kappa shape index (κ2) is 8.62. The Bertz CT molecular complexity index is 1140. The summed E-state index contributed by atoms with van der Waals surface area (Å²) < 4.78 is 33.2. The predicted molar refractivity (Wildman–Crippen MR) is 119 cm³/mol. The summed E-state index contributed by atoms with van der Waals surface area (Å²) in [6.45, 7) is 2.44. The molecule has 1 aromatic heterocycles. The van der Waals surface area contributed by atoms with Crippen molar-refractivity contribution in [3.63, 3.8) is 0 Å². The molecule has 8 nitrogen and oxygen atoms in total. The molecule has 1 saturated heterocycles. The maximum absolute atomic E-state index is 13.2. The number of nitrogens with zero attached hydrogens (tertiary/aromatic N) is 2. The Kier molecular flexibility index (Phi) is 6.07. The van der Waals surface area contributed by atoms with Gasteiger partial charge in [0, 0.05) is 43.2 Å². The van der Waals surface area contributed by atoms with E-state index >= 15 is 0 Å². The first-order valence-electron chi connectivity index (χ1n) is 9.57. The number of piperazine rings is 1. The van der Waals surface area contributed by atoms with Gasteiger partial charge < -0.3 is 15.0 Å². The first kappa shape index (κ1) is 21.8. The van der Waals surface area contributed by atoms with E-state index in [1.807, 2.05) is 17.5 Å². The highest BCUT2D eigenvalue weighted by Gasteiger charge is 2.33. The number of hydrogen-bond donors (Lipinski definition) is 1. The Balaban J connectivity index is 1.46. The summed E-state index contributed by atoms with van der Waals surface area (Å²) in [4.78, 5) is 26.7. The monoisotopic (exact) mass is 481 g/mol. The van der Waals surface area contributed by atoms with E-state index in [9.17, 15) is 18.0 Å². The number of benzene rings is 1. The fraction of sp³-hybridized carbons (Fsp3) is 0.300. The normalized spacial score (nSPS) is 19.7. The third kappa shape index (κ3) is 4.47. The summed E-state index contributed by atoms with van der Waals surface area (Å²) in [5.74, 6) is -0.230. The SMILES string of the molecule is CC1Oc2cc(S(=O)(=O)N3CCN(C(=O)C=Cc4cccs4)CC3)c(Cl)cc2NC1=O. The van der Waals surface area contributed by atoms with Gasteiger partial charge in [-0.05, 0) is 30.5 Å². The van der Waals surface area contributed by atoms with E-state index in [0.29, 0.717) is 5.69 Å². The van der Waals surface area contributed by atoms with Gasteiger partial charge in [0.1, 0.15) is 10.6 Å². The fourth-order valence-corrected chi connectivity index (χ4v) is 5.90. The number of hydrogen-bond acceptors (Lipinski definition) is 6. The van der Waals surface area contributed by atoms with Crippen molar-refractivity contribution in [1.29, 1.82) is 0 Å². The van der Waals surface area contributed by atoms with E-state index in [2.05, 4.69) is 5.32 Å². The number of fused-ring (bicyclic) bond motifs is 1. The third-order valence-electron chi connectivity index (χ3n) is 5.07. The molecular formula is C20H20ClN3O5S2. The van der Waals surface area contributed by atoms with E-state index in [4.69, 9.17) is 16.3 Å². The molecule has 3 heterocycles. The molecule has 2 aliphatic heterocycles. The second-order valence-corrected chi connectivity index (χ2v) is 10.4. The van der Waals surface area contributed by atoms with Gasteiger partial charge in [-0.2, -0.15) is 4.31 Å². The average Bonchev–Trinajstić information content (AvgIpc) is 3.26. The topological polar surface area (TPSA) is 96.0 Å². The lowest BCUT2D eigenvalue weighted by atomic mass is 10.2. The van der Waals surface area contributed by atoms with Gasteiger partial charge in [0.25, 0.3) is 5.91 Å². The van der Waals surface area contributed by atoms with Crippen LogP contribution in [0.1, 0.15) is 11.8 Å². The lowest BCUT2D eigenvalue weighted by Gasteiger charge is -2.34. The molecule has 31 heavy (non-hydrogen) atoms. The number of thiophene rings is 1. The van der Waals surface area contributed by atoms with Gasteiger partial charge in [0.05, 0.1) is 10.7 Å². The van der Waals surface area contributed by atoms with Crippen LogP contribution in [-0.4, -0.2) is 61.7 Å². The number of halogens is 1. The standard InChI is InChI=1S/C20H20ClN3O5S2/c1-13-20(26)22-16-11-15(21)18(12-17(16)29-13)31(27,28)24-8-6-23(7-9-24)19(25)5-4-14-3-2-10-30-14/h2-5,10-13H,6-9H2,1H3,(H,22,26). The molecular weight excluding hydrogens is 462 g/mol. The maximum atomic E-state index is 13.2. The molecule has 0 bridgehead atoms. The van der Waals surface area contributed by atoms with Crippen molar-refractivity contribution in [3.05, 3.63) is 45.6 Å². The molecule has 0 spiro atoms. The molecule has 1 aromatic carbocycles. The van der Waals surface area contributed by atoms with Crippen LogP contribution in [0.25, 0.3) is 6.08 Å². The first-order chi connectivity index (χ1) is 14.8. The summed E-state index contributed by atoms with van der Waals surface area (Å²) in [6, 6.07) is 6.54. The average molecular weight is 482 g/mol. The Labute approximate surface area is 189 Å². The molecule has 1 fully saturated rings. The first-order valence-corrected chi connectivity index (χ1v) is 12.3. The zero-order valence-corrected chi connectivity index (χ0v) is 19.0. The Morgan fingerprint density at radius 1 is 1.29 bits per heavy atom. The predicted octanol–water partition coefficient (Wildman–Crippen LogP) is 2.67. The van der Waals surface area contributed by atoms with Crippen molar-refractivity contribution >= 4 is 56.5 Å². The molecule has 1 unspecified atom stereocenters. The van der Waals surface area contributed by atoms with Crippen molar-refractivity contribution in [2.75, 3.05) is 31.5 Å². The molecule has 0 saturated carbocycles. The number of rotatable bonds is 4. The summed E-state index contributed by atoms with van der Waals surface area (Å²) in [6.07, 6.45) is 2.52. The highest BCUT2D eigenvalue weighted by atomic mass is 35.5. The van der Waals surface area contributed by atoms with E-state index < -0.39 is 16.1 Å². The molecule has 1 N–H and O–H groups in total. The van der Waals surface area contributed by atoms with Crippen LogP contribution < -0.4 is 10.1 Å². The van der Waals surface area contributed by atoms with Crippen molar-refractivity contribution in [1.82, 2.24) is 9.21 Å². The van der Waals surface area contributed by atoms with Crippen molar-refractivity contribution < 1.29 is 22.7 Å². The summed E-state index contributed by atoms with van der Waals surface area (Å²) >= 11 is 7.77. The van der Waals surface area contributed by atoms with Crippen LogP contribution in [0.4, 0.5) is 5.69 Å². The molecule has 2 amide bonds. The lowest BCUT2D eigenvalue weighted by molar-refractivity contribution is -0.127. The number of sulfonamides is 1. The molecule has 2 aromatic rings. The zero-order valence-electron chi connectivity index (χ0n) is 16.6. The van der Waals surface area contributed by atoms with E-state index in [0.717, 1.165) is 4.88 Å². The molecule has 1 atom stereocenters. The van der Waals surface area contributed by atoms with Gasteiger partial charge in [0.15, 0.2) is 6.10 Å². The van der Waals surface area contributed by atoms with Crippen LogP contribution in [-0.2, 0) is 19.6 Å². The number of nitrogens with one attached hydrogen (secondary N) is 1. The minimum atomic E-state index is -3.90. The van der Waals surface area contributed by atoms with E-state index in [-0.39, 0.29) is 53.7 Å². The third-order valence-corrected chi connectivity index (χ3v) is 8.27. The van der Waals surface area contributed by atoms with Gasteiger partial charge in [-0.1, -0.05) is 17.7 Å². The molecule has 0 radical (unpaired) electrons. The Morgan fingerprint density at radius 2 is 2.03 bits per heavy atom. The van der Waals surface area contributed by atoms with E-state index in [1.165, 1.54) is 33.9 Å². The number of carbonyl (C=O) groups excluding carboxylic acids is 2. The van der Waals surface area contributed by atoms with Crippen molar-refractivity contribution in [2.45, 2.75) is 17.9 Å². The van der Waals surface area contributed by atoms with Crippen LogP contribution in [0.3, 0.4) is 0 Å². The van der Waals surface area contributed by atoms with Gasteiger partial charge in [0.2, 0.25) is 15.9 Å². The lowest BCUT2D eigenvalue weighted by Crippen LogP contribution is -2.50. The van der Waals surface area contributed by atoms with Crippen LogP contribution >= 0.6 is 22.9 Å². The number of anilines is 1. The van der Waals surface area contributed by atoms with Crippen LogP contribution in [0.15, 0.2) is 40.6 Å². The fourth-order valence-electron chi connectivity index (χ4n) is 3.34. The van der Waals surface area contributed by atoms with Crippen LogP contribution in [0.2, 0.25) is 5.02 Å². The number of carbonyl (C=O) groups is 2. The van der Waals surface area contributed by atoms with Gasteiger partial charge in [-0.25, -0.2) is 8.42 Å². The van der Waals surface area contributed by atoms with Gasteiger partial charge in [-0.15, -0.1) is 11.3 Å². The smallest absolute Gasteiger partial charge is 0.265 e. The Morgan fingerprint density at radius 3 is 2.71 bits per heavy atom. The van der Waals surface area contributed by atoms with Gasteiger partial charge >= 0.3 is 0 Å². The summed E-state index contributed by atoms with van der Waals surface area (Å²) in [5.41, 5.74) is 0.333. The van der Waals surface area contributed by atoms with Crippen molar-refractivity contribution in [3.8, 4) is 5.75 Å². The molecule has 4 rings (SSSR count). The highest BCUT2D eigenvalue weighted by molar-refractivity contribution is 7.89. The highest BCUT2D eigenvalue weighted by Crippen LogP contribution is 2.38. The van der Waals surface area contributed by atoms with Gasteiger partial charge in [-0.3, -0.25) is 9.59 Å². The summed E-state index contributed by atoms with van der Waals surface area (Å²) in [5, 5.41) is 4.57. The molecule has 0 aliphatic carbocycles. The number of amides is 2. The summed E-state index contributed by atoms with van der Waals surface area (Å²) in [7, 11) is -3.90. The molecule has 11 heteroatoms. The minimum absolute atomic E-state index is 0.00501. The molecule has 164 valence electrons. The van der Waals surface area contributed by atoms with Crippen molar-refractivity contribution in [2.24, 2.45) is 0 Å². The second-order valence-electron chi connectivity index (χ2n) is 7.11. The van der Waals surface area contributed by atoms with Crippen LogP contribution in [0, 0.1) is 0 Å². The van der Waals surface area contributed by atoms with E-state index in [1.54, 1.807) is 17.9 Å². The molecule has 2 aliphatic rings. The Hall–Kier alpha value is -2.40. The quantitative estimate of drug-likeness (QED) is 0.677. The zero-order chi connectivity index (χ0) is 22.2. The van der Waals surface area contributed by atoms with Crippen LogP contribution in [0.5, 0.6) is 5.75 Å². The minimum Gasteiger partial charge on any atom is -0.479 e. The largest absolute Gasteiger partial charge is 0.479 e. The number of ether oxygens (including phenoxy) is 1. The maximum Gasteiger partial charge on any atom is 0.265 e.